The standard InChI is InChI=1S/C16H11F2NO2/c17-13-3-4-15-12(13)5-11(8-19-15)9-1-2-10(7-16(20)21)14(18)6-9/h1-3,5-6,8H,4,7H2,(H,20,21). The molecular formula is C16H11F2NO2. The van der Waals surface area contributed by atoms with Gasteiger partial charge in [-0.1, -0.05) is 12.1 Å². The summed E-state index contributed by atoms with van der Waals surface area (Å²) in [7, 11) is 0. The van der Waals surface area contributed by atoms with Crippen LogP contribution >= 0.6 is 0 Å². The summed E-state index contributed by atoms with van der Waals surface area (Å²) in [5, 5.41) is 8.69. The van der Waals surface area contributed by atoms with Gasteiger partial charge in [-0.2, -0.15) is 0 Å². The van der Waals surface area contributed by atoms with Crippen LogP contribution in [-0.2, 0) is 17.6 Å². The van der Waals surface area contributed by atoms with Crippen molar-refractivity contribution >= 4 is 11.8 Å². The molecule has 1 aromatic heterocycles. The second-order valence-electron chi connectivity index (χ2n) is 4.85. The van der Waals surface area contributed by atoms with Gasteiger partial charge in [0, 0.05) is 23.7 Å². The van der Waals surface area contributed by atoms with Crippen LogP contribution in [0.2, 0.25) is 0 Å². The number of benzene rings is 1. The van der Waals surface area contributed by atoms with Crippen LogP contribution in [0.15, 0.2) is 36.5 Å². The molecule has 1 N–H and O–H groups in total. The van der Waals surface area contributed by atoms with Gasteiger partial charge in [-0.25, -0.2) is 8.78 Å². The Morgan fingerprint density at radius 3 is 2.76 bits per heavy atom. The van der Waals surface area contributed by atoms with Crippen molar-refractivity contribution in [2.45, 2.75) is 12.8 Å². The highest BCUT2D eigenvalue weighted by atomic mass is 19.1. The van der Waals surface area contributed by atoms with E-state index in [9.17, 15) is 13.6 Å². The molecule has 0 fully saturated rings. The van der Waals surface area contributed by atoms with Gasteiger partial charge >= 0.3 is 5.97 Å². The molecule has 3 rings (SSSR count). The lowest BCUT2D eigenvalue weighted by atomic mass is 10.0. The Hall–Kier alpha value is -2.56. The number of rotatable bonds is 3. The van der Waals surface area contributed by atoms with Gasteiger partial charge in [-0.15, -0.1) is 0 Å². The van der Waals surface area contributed by atoms with Crippen molar-refractivity contribution in [1.82, 2.24) is 4.98 Å². The summed E-state index contributed by atoms with van der Waals surface area (Å²) in [5.41, 5.74) is 2.35. The molecule has 5 heteroatoms. The van der Waals surface area contributed by atoms with Crippen molar-refractivity contribution in [1.29, 1.82) is 0 Å². The minimum atomic E-state index is -1.09. The Morgan fingerprint density at radius 2 is 2.05 bits per heavy atom. The first-order chi connectivity index (χ1) is 10.0. The molecule has 0 saturated heterocycles. The Bertz CT molecular complexity index is 769. The quantitative estimate of drug-likeness (QED) is 0.941. The first kappa shape index (κ1) is 13.4. The SMILES string of the molecule is O=C(O)Cc1ccc(-c2cnc3c(c2)C(F)=CC3)cc1F. The van der Waals surface area contributed by atoms with E-state index >= 15 is 0 Å². The maximum atomic E-state index is 13.9. The van der Waals surface area contributed by atoms with Gasteiger partial charge in [0.2, 0.25) is 0 Å². The van der Waals surface area contributed by atoms with Gasteiger partial charge < -0.3 is 5.11 Å². The summed E-state index contributed by atoms with van der Waals surface area (Å²) in [6.07, 6.45) is 3.12. The van der Waals surface area contributed by atoms with E-state index < -0.39 is 11.8 Å². The number of hydrogen-bond donors (Lipinski definition) is 1. The van der Waals surface area contributed by atoms with E-state index in [2.05, 4.69) is 4.98 Å². The van der Waals surface area contributed by atoms with Crippen LogP contribution in [0.3, 0.4) is 0 Å². The van der Waals surface area contributed by atoms with Gasteiger partial charge in [0.15, 0.2) is 0 Å². The maximum Gasteiger partial charge on any atom is 0.307 e. The maximum absolute atomic E-state index is 13.9. The molecule has 1 aliphatic carbocycles. The number of nitrogens with zero attached hydrogens (tertiary/aromatic N) is 1. The van der Waals surface area contributed by atoms with Crippen molar-refractivity contribution < 1.29 is 18.7 Å². The van der Waals surface area contributed by atoms with Crippen molar-refractivity contribution in [3.8, 4) is 11.1 Å². The highest BCUT2D eigenvalue weighted by Gasteiger charge is 2.16. The summed E-state index contributed by atoms with van der Waals surface area (Å²) in [6.45, 7) is 0. The smallest absolute Gasteiger partial charge is 0.307 e. The predicted octanol–water partition coefficient (Wildman–Crippen LogP) is 3.38. The number of pyridine rings is 1. The Balaban J connectivity index is 1.98. The predicted molar refractivity (Wildman–Crippen MR) is 73.8 cm³/mol. The number of aliphatic carboxylic acids is 1. The van der Waals surface area contributed by atoms with E-state index in [4.69, 9.17) is 5.11 Å². The van der Waals surface area contributed by atoms with Crippen LogP contribution < -0.4 is 0 Å². The molecule has 0 unspecified atom stereocenters. The molecule has 0 saturated carbocycles. The molecule has 0 spiro atoms. The fraction of sp³-hybridized carbons (Fsp3) is 0.125. The Morgan fingerprint density at radius 1 is 1.24 bits per heavy atom. The average molecular weight is 287 g/mol. The third-order valence-corrected chi connectivity index (χ3v) is 3.43. The molecule has 21 heavy (non-hydrogen) atoms. The van der Waals surface area contributed by atoms with Gasteiger partial charge in [0.1, 0.15) is 11.6 Å². The van der Waals surface area contributed by atoms with Crippen LogP contribution in [-0.4, -0.2) is 16.1 Å². The summed E-state index contributed by atoms with van der Waals surface area (Å²) in [4.78, 5) is 14.8. The second-order valence-corrected chi connectivity index (χ2v) is 4.85. The van der Waals surface area contributed by atoms with Gasteiger partial charge in [0.25, 0.3) is 0 Å². The van der Waals surface area contributed by atoms with Gasteiger partial charge in [-0.05, 0) is 29.3 Å². The zero-order valence-electron chi connectivity index (χ0n) is 10.9. The molecule has 1 heterocycles. The molecule has 3 nitrogen and oxygen atoms in total. The van der Waals surface area contributed by atoms with Crippen molar-refractivity contribution in [2.75, 3.05) is 0 Å². The summed E-state index contributed by atoms with van der Waals surface area (Å²) in [5.74, 6) is -2.00. The van der Waals surface area contributed by atoms with Crippen LogP contribution in [0.5, 0.6) is 0 Å². The molecule has 0 bridgehead atoms. The van der Waals surface area contributed by atoms with E-state index in [1.807, 2.05) is 0 Å². The normalized spacial score (nSPS) is 13.0. The van der Waals surface area contributed by atoms with Gasteiger partial charge in [-0.3, -0.25) is 9.78 Å². The van der Waals surface area contributed by atoms with Gasteiger partial charge in [0.05, 0.1) is 12.1 Å². The Kier molecular flexibility index (Phi) is 3.25. The van der Waals surface area contributed by atoms with E-state index in [1.165, 1.54) is 18.2 Å². The van der Waals surface area contributed by atoms with Crippen LogP contribution in [0.25, 0.3) is 17.0 Å². The molecule has 106 valence electrons. The number of fused-ring (bicyclic) bond motifs is 1. The van der Waals surface area contributed by atoms with Crippen LogP contribution in [0.4, 0.5) is 8.78 Å². The van der Waals surface area contributed by atoms with Crippen molar-refractivity contribution in [3.05, 3.63) is 59.2 Å². The minimum Gasteiger partial charge on any atom is -0.481 e. The molecular weight excluding hydrogens is 276 g/mol. The fourth-order valence-corrected chi connectivity index (χ4v) is 2.35. The molecule has 0 radical (unpaired) electrons. The van der Waals surface area contributed by atoms with E-state index in [1.54, 1.807) is 18.3 Å². The molecule has 1 aliphatic rings. The first-order valence-corrected chi connectivity index (χ1v) is 6.40. The third kappa shape index (κ3) is 2.54. The zero-order chi connectivity index (χ0) is 15.0. The monoisotopic (exact) mass is 287 g/mol. The number of carboxylic acids is 1. The number of halogens is 2. The minimum absolute atomic E-state index is 0.117. The van der Waals surface area contributed by atoms with E-state index in [0.29, 0.717) is 28.8 Å². The molecule has 2 aromatic rings. The number of hydrogen-bond acceptors (Lipinski definition) is 2. The highest BCUT2D eigenvalue weighted by Crippen LogP contribution is 2.31. The third-order valence-electron chi connectivity index (χ3n) is 3.43. The largest absolute Gasteiger partial charge is 0.481 e. The lowest BCUT2D eigenvalue weighted by molar-refractivity contribution is -0.136. The topological polar surface area (TPSA) is 50.2 Å². The number of allylic oxidation sites excluding steroid dienone is 1. The van der Waals surface area contributed by atoms with Crippen LogP contribution in [0.1, 0.15) is 16.8 Å². The van der Waals surface area contributed by atoms with Crippen molar-refractivity contribution in [3.63, 3.8) is 0 Å². The molecule has 0 atom stereocenters. The average Bonchev–Trinajstić information content (AvgIpc) is 2.82. The Labute approximate surface area is 119 Å². The summed E-state index contributed by atoms with van der Waals surface area (Å²) >= 11 is 0. The summed E-state index contributed by atoms with van der Waals surface area (Å²) in [6, 6.07) is 5.92. The first-order valence-electron chi connectivity index (χ1n) is 6.40. The van der Waals surface area contributed by atoms with Crippen molar-refractivity contribution in [2.24, 2.45) is 0 Å². The summed E-state index contributed by atoms with van der Waals surface area (Å²) < 4.78 is 27.5. The number of carbonyl (C=O) groups is 1. The highest BCUT2D eigenvalue weighted by molar-refractivity contribution is 5.74. The number of carboxylic acid groups (broad SMARTS) is 1. The van der Waals surface area contributed by atoms with E-state index in [-0.39, 0.29) is 17.8 Å². The fourth-order valence-electron chi connectivity index (χ4n) is 2.35. The second kappa shape index (κ2) is 5.09. The lowest BCUT2D eigenvalue weighted by Crippen LogP contribution is -2.02. The molecule has 0 amide bonds. The molecule has 0 aliphatic heterocycles. The van der Waals surface area contributed by atoms with E-state index in [0.717, 1.165) is 0 Å². The lowest BCUT2D eigenvalue weighted by Gasteiger charge is -2.07. The molecule has 1 aromatic carbocycles. The zero-order valence-corrected chi connectivity index (χ0v) is 10.9. The van der Waals surface area contributed by atoms with Crippen LogP contribution in [0, 0.1) is 5.82 Å². The number of aromatic nitrogens is 1.